The first-order chi connectivity index (χ1) is 18.7. The van der Waals surface area contributed by atoms with Crippen molar-refractivity contribution in [3.63, 3.8) is 0 Å². The van der Waals surface area contributed by atoms with Crippen LogP contribution in [0.4, 0.5) is 9.59 Å². The van der Waals surface area contributed by atoms with Gasteiger partial charge in [0, 0.05) is 11.3 Å². The fourth-order valence-electron chi connectivity index (χ4n) is 5.41. The number of hydrogen-bond acceptors (Lipinski definition) is 4. The molecule has 8 heteroatoms. The number of aliphatic carboxylic acids is 1. The molecule has 1 aromatic rings. The number of nitrogens with zero attached hydrogens (tertiary/aromatic N) is 2. The van der Waals surface area contributed by atoms with E-state index in [9.17, 15) is 24.6 Å². The quantitative estimate of drug-likeness (QED) is 0.179. The summed E-state index contributed by atoms with van der Waals surface area (Å²) in [5.74, 6) is -2.12. The molecule has 1 heterocycles. The summed E-state index contributed by atoms with van der Waals surface area (Å²) in [5.41, 5.74) is 1.34. The van der Waals surface area contributed by atoms with Gasteiger partial charge in [0.15, 0.2) is 0 Å². The Morgan fingerprint density at radius 3 is 1.95 bits per heavy atom. The van der Waals surface area contributed by atoms with Crippen LogP contribution in [0.5, 0.6) is 5.75 Å². The van der Waals surface area contributed by atoms with Crippen LogP contribution >= 0.6 is 0 Å². The van der Waals surface area contributed by atoms with Gasteiger partial charge in [0.2, 0.25) is 0 Å². The van der Waals surface area contributed by atoms with E-state index in [1.54, 1.807) is 6.07 Å². The number of carboxylic acid groups (broad SMARTS) is 2. The fourth-order valence-corrected chi connectivity index (χ4v) is 5.41. The maximum atomic E-state index is 12.7. The van der Waals surface area contributed by atoms with Crippen molar-refractivity contribution < 1.29 is 29.3 Å². The number of aryl methyl sites for hydroxylation is 1. The molecule has 0 bridgehead atoms. The second-order valence-electron chi connectivity index (χ2n) is 10.9. The molecule has 2 rings (SSSR count). The van der Waals surface area contributed by atoms with Gasteiger partial charge in [-0.1, -0.05) is 96.1 Å². The molecule has 2 atom stereocenters. The summed E-state index contributed by atoms with van der Waals surface area (Å²) < 4.78 is 6.02. The van der Waals surface area contributed by atoms with Crippen molar-refractivity contribution >= 4 is 23.8 Å². The summed E-state index contributed by atoms with van der Waals surface area (Å²) in [4.78, 5) is 41.4. The van der Waals surface area contributed by atoms with Gasteiger partial charge >= 0.3 is 18.1 Å². The number of rotatable bonds is 18. The molecule has 0 saturated heterocycles. The second kappa shape index (κ2) is 16.9. The predicted molar refractivity (Wildman–Crippen MR) is 154 cm³/mol. The van der Waals surface area contributed by atoms with Gasteiger partial charge in [-0.2, -0.15) is 0 Å². The highest BCUT2D eigenvalue weighted by Crippen LogP contribution is 2.41. The number of benzene rings is 1. The minimum absolute atomic E-state index is 0.0845. The van der Waals surface area contributed by atoms with E-state index in [0.29, 0.717) is 22.6 Å². The van der Waals surface area contributed by atoms with Crippen LogP contribution in [0.25, 0.3) is 0 Å². The Morgan fingerprint density at radius 1 is 0.923 bits per heavy atom. The average Bonchev–Trinajstić information content (AvgIpc) is 2.85. The minimum atomic E-state index is -1.53. The van der Waals surface area contributed by atoms with Gasteiger partial charge in [-0.3, -0.25) is 4.79 Å². The molecule has 39 heavy (non-hydrogen) atoms. The number of hydrogen-bond donors (Lipinski definition) is 2. The molecule has 3 amide bonds. The van der Waals surface area contributed by atoms with Gasteiger partial charge in [0.05, 0.1) is 12.1 Å². The molecule has 0 radical (unpaired) electrons. The number of carbonyl (C=O) groups is 3. The van der Waals surface area contributed by atoms with Crippen LogP contribution in [0.2, 0.25) is 0 Å². The molecular weight excluding hydrogens is 496 g/mol. The lowest BCUT2D eigenvalue weighted by atomic mass is 9.83. The maximum absolute atomic E-state index is 12.7. The van der Waals surface area contributed by atoms with Gasteiger partial charge in [-0.15, -0.1) is 0 Å². The Hall–Kier alpha value is -2.90. The third-order valence-electron chi connectivity index (χ3n) is 7.36. The summed E-state index contributed by atoms with van der Waals surface area (Å²) in [6.45, 7) is 7.41. The summed E-state index contributed by atoms with van der Waals surface area (Å²) in [6.07, 6.45) is 15.0. The first kappa shape index (κ1) is 32.3. The van der Waals surface area contributed by atoms with Crippen molar-refractivity contribution in [1.29, 1.82) is 0 Å². The van der Waals surface area contributed by atoms with Crippen molar-refractivity contribution in [3.8, 4) is 5.75 Å². The van der Waals surface area contributed by atoms with Crippen molar-refractivity contribution in [2.75, 3.05) is 0 Å². The highest BCUT2D eigenvalue weighted by Gasteiger charge is 2.47. The zero-order valence-electron chi connectivity index (χ0n) is 24.3. The van der Waals surface area contributed by atoms with E-state index in [1.807, 2.05) is 26.0 Å². The van der Waals surface area contributed by atoms with Crippen LogP contribution in [-0.2, 0) is 11.2 Å². The summed E-state index contributed by atoms with van der Waals surface area (Å²) >= 11 is 0. The van der Waals surface area contributed by atoms with Crippen LogP contribution in [0.1, 0.15) is 128 Å². The van der Waals surface area contributed by atoms with E-state index < -0.39 is 30.1 Å². The van der Waals surface area contributed by atoms with Gasteiger partial charge in [0.1, 0.15) is 11.7 Å². The van der Waals surface area contributed by atoms with Gasteiger partial charge in [-0.25, -0.2) is 19.5 Å². The lowest BCUT2D eigenvalue weighted by molar-refractivity contribution is -0.141. The first-order valence-corrected chi connectivity index (χ1v) is 14.8. The van der Waals surface area contributed by atoms with Crippen LogP contribution in [0, 0.1) is 5.92 Å². The fraction of sp³-hybridized carbons (Fsp3) is 0.677. The third kappa shape index (κ3) is 9.97. The Kier molecular flexibility index (Phi) is 14.0. The van der Waals surface area contributed by atoms with Crippen molar-refractivity contribution in [1.82, 2.24) is 4.90 Å². The molecule has 0 spiro atoms. The van der Waals surface area contributed by atoms with Crippen molar-refractivity contribution in [3.05, 3.63) is 29.3 Å². The number of aliphatic imine (C=N–C) groups is 1. The summed E-state index contributed by atoms with van der Waals surface area (Å²) in [7, 11) is 0. The molecule has 8 nitrogen and oxygen atoms in total. The highest BCUT2D eigenvalue weighted by atomic mass is 16.5. The maximum Gasteiger partial charge on any atom is 0.416 e. The predicted octanol–water partition coefficient (Wildman–Crippen LogP) is 8.42. The Balaban J connectivity index is 2.07. The Bertz CT molecular complexity index is 974. The Labute approximate surface area is 233 Å². The standard InChI is InChI=1S/C31H48N2O6/c1-5-6-7-8-9-10-11-12-13-14-15-16-17-19-24-20-18-21-25(39-22(2)3)27(24)28-26(29(34)35)23(4)32-30(36)33(28)31(37)38/h18,20-22,26,28H,5-17,19H2,1-4H3,(H,34,35)(H,37,38). The molecule has 1 aromatic carbocycles. The molecule has 2 unspecified atom stereocenters. The molecule has 218 valence electrons. The zero-order chi connectivity index (χ0) is 28.8. The molecule has 2 N–H and O–H groups in total. The third-order valence-corrected chi connectivity index (χ3v) is 7.36. The van der Waals surface area contributed by atoms with E-state index >= 15 is 0 Å². The number of carbonyl (C=O) groups excluding carboxylic acids is 1. The Morgan fingerprint density at radius 2 is 1.46 bits per heavy atom. The normalized spacial score (nSPS) is 17.4. The number of urea groups is 1. The zero-order valence-corrected chi connectivity index (χ0v) is 24.3. The largest absolute Gasteiger partial charge is 0.491 e. The molecule has 0 saturated carbocycles. The average molecular weight is 545 g/mol. The SMILES string of the molecule is CCCCCCCCCCCCCCCc1cccc(OC(C)C)c1C1C(C(=O)O)C(C)=NC(=O)N1C(=O)O. The molecular formula is C31H48N2O6. The summed E-state index contributed by atoms with van der Waals surface area (Å²) in [5, 5.41) is 19.9. The first-order valence-electron chi connectivity index (χ1n) is 14.8. The van der Waals surface area contributed by atoms with Gasteiger partial charge < -0.3 is 14.9 Å². The smallest absolute Gasteiger partial charge is 0.416 e. The molecule has 0 aromatic heterocycles. The van der Waals surface area contributed by atoms with Crippen LogP contribution in [0.15, 0.2) is 23.2 Å². The van der Waals surface area contributed by atoms with Gasteiger partial charge in [0.25, 0.3) is 0 Å². The van der Waals surface area contributed by atoms with Crippen LogP contribution in [-0.4, -0.2) is 45.0 Å². The van der Waals surface area contributed by atoms with Crippen molar-refractivity contribution in [2.45, 2.75) is 130 Å². The summed E-state index contributed by atoms with van der Waals surface area (Å²) in [6, 6.07) is 3.21. The van der Waals surface area contributed by atoms with E-state index in [4.69, 9.17) is 4.74 Å². The number of imide groups is 1. The van der Waals surface area contributed by atoms with E-state index in [2.05, 4.69) is 11.9 Å². The molecule has 1 aliphatic rings. The number of unbranched alkanes of at least 4 members (excludes halogenated alkanes) is 12. The van der Waals surface area contributed by atoms with E-state index in [-0.39, 0.29) is 11.8 Å². The molecule has 0 aliphatic carbocycles. The number of carboxylic acids is 1. The molecule has 1 aliphatic heterocycles. The van der Waals surface area contributed by atoms with E-state index in [1.165, 1.54) is 71.1 Å². The lowest BCUT2D eigenvalue weighted by Crippen LogP contribution is -2.49. The number of ether oxygens (including phenoxy) is 1. The van der Waals surface area contributed by atoms with Crippen LogP contribution < -0.4 is 4.74 Å². The van der Waals surface area contributed by atoms with Gasteiger partial charge in [-0.05, 0) is 45.2 Å². The number of amides is 3. The topological polar surface area (TPSA) is 117 Å². The molecule has 0 fully saturated rings. The monoisotopic (exact) mass is 544 g/mol. The minimum Gasteiger partial charge on any atom is -0.491 e. The van der Waals surface area contributed by atoms with Crippen molar-refractivity contribution in [2.24, 2.45) is 10.9 Å². The van der Waals surface area contributed by atoms with E-state index in [0.717, 1.165) is 24.8 Å². The van der Waals surface area contributed by atoms with Crippen LogP contribution in [0.3, 0.4) is 0 Å². The lowest BCUT2D eigenvalue weighted by Gasteiger charge is -2.36. The highest BCUT2D eigenvalue weighted by molar-refractivity contribution is 6.10. The second-order valence-corrected chi connectivity index (χ2v) is 10.9.